The van der Waals surface area contributed by atoms with Gasteiger partial charge < -0.3 is 9.64 Å². The lowest BCUT2D eigenvalue weighted by atomic mass is 10.1. The van der Waals surface area contributed by atoms with Gasteiger partial charge in [0, 0.05) is 30.5 Å². The van der Waals surface area contributed by atoms with Crippen LogP contribution in [-0.4, -0.2) is 39.2 Å². The van der Waals surface area contributed by atoms with Gasteiger partial charge >= 0.3 is 0 Å². The highest BCUT2D eigenvalue weighted by atomic mass is 16.5. The molecule has 0 bridgehead atoms. The zero-order valence-electron chi connectivity index (χ0n) is 16.1. The monoisotopic (exact) mass is 384 g/mol. The van der Waals surface area contributed by atoms with E-state index in [1.165, 1.54) is 5.69 Å². The van der Waals surface area contributed by atoms with Crippen molar-refractivity contribution >= 4 is 16.8 Å². The molecule has 3 heterocycles. The Morgan fingerprint density at radius 1 is 1.07 bits per heavy atom. The fourth-order valence-electron chi connectivity index (χ4n) is 3.81. The minimum absolute atomic E-state index is 0.0548. The highest BCUT2D eigenvalue weighted by Crippen LogP contribution is 2.24. The number of pyridine rings is 1. The molecule has 2 aromatic carbocycles. The second kappa shape index (κ2) is 7.05. The van der Waals surface area contributed by atoms with Crippen LogP contribution in [0, 0.1) is 0 Å². The molecule has 144 valence electrons. The minimum atomic E-state index is -0.0548. The van der Waals surface area contributed by atoms with Gasteiger partial charge in [-0.3, -0.25) is 4.79 Å². The number of benzene rings is 2. The molecule has 0 spiro atoms. The van der Waals surface area contributed by atoms with Crippen LogP contribution in [0.4, 0.5) is 0 Å². The van der Waals surface area contributed by atoms with Gasteiger partial charge in [-0.15, -0.1) is 0 Å². The highest BCUT2D eigenvalue weighted by molar-refractivity contribution is 5.95. The first kappa shape index (κ1) is 17.4. The number of fused-ring (bicyclic) bond motifs is 2. The molecule has 0 saturated carbocycles. The van der Waals surface area contributed by atoms with Crippen molar-refractivity contribution in [2.45, 2.75) is 13.0 Å². The van der Waals surface area contributed by atoms with Crippen molar-refractivity contribution in [3.05, 3.63) is 83.8 Å². The molecule has 4 aromatic rings. The first-order chi connectivity index (χ1) is 14.2. The molecule has 0 unspecified atom stereocenters. The van der Waals surface area contributed by atoms with E-state index in [9.17, 15) is 4.79 Å². The van der Waals surface area contributed by atoms with Gasteiger partial charge in [0.2, 0.25) is 0 Å². The SMILES string of the molecule is COc1ccc2nc(C(=O)N3CCc4c(cnn4-c4ccccc4)C3)ccc2c1. The second-order valence-electron chi connectivity index (χ2n) is 7.10. The van der Waals surface area contributed by atoms with Crippen LogP contribution in [0.2, 0.25) is 0 Å². The van der Waals surface area contributed by atoms with Gasteiger partial charge in [0.15, 0.2) is 0 Å². The summed E-state index contributed by atoms with van der Waals surface area (Å²) in [4.78, 5) is 19.5. The number of amides is 1. The number of hydrogen-bond acceptors (Lipinski definition) is 4. The molecule has 1 aliphatic rings. The van der Waals surface area contributed by atoms with Crippen molar-refractivity contribution in [1.82, 2.24) is 19.7 Å². The van der Waals surface area contributed by atoms with Crippen LogP contribution in [0.15, 0.2) is 66.9 Å². The van der Waals surface area contributed by atoms with Crippen LogP contribution in [0.3, 0.4) is 0 Å². The van der Waals surface area contributed by atoms with Gasteiger partial charge in [0.05, 0.1) is 30.2 Å². The number of para-hydroxylation sites is 1. The lowest BCUT2D eigenvalue weighted by Gasteiger charge is -2.27. The number of methoxy groups -OCH3 is 1. The number of carbonyl (C=O) groups is 1. The smallest absolute Gasteiger partial charge is 0.272 e. The molecular formula is C23H20N4O2. The van der Waals surface area contributed by atoms with E-state index in [2.05, 4.69) is 10.1 Å². The maximum Gasteiger partial charge on any atom is 0.272 e. The third-order valence-electron chi connectivity index (χ3n) is 5.34. The molecule has 0 radical (unpaired) electrons. The Labute approximate surface area is 168 Å². The van der Waals surface area contributed by atoms with Crippen LogP contribution in [0.25, 0.3) is 16.6 Å². The summed E-state index contributed by atoms with van der Waals surface area (Å²) in [6, 6.07) is 19.4. The van der Waals surface area contributed by atoms with Crippen LogP contribution in [0.5, 0.6) is 5.75 Å². The second-order valence-corrected chi connectivity index (χ2v) is 7.10. The molecule has 0 aliphatic carbocycles. The standard InChI is InChI=1S/C23H20N4O2/c1-29-19-8-10-20-16(13-19)7-9-21(25-20)23(28)26-12-11-22-17(15-26)14-24-27(22)18-5-3-2-4-6-18/h2-10,13-14H,11-12,15H2,1H3. The zero-order valence-corrected chi connectivity index (χ0v) is 16.1. The van der Waals surface area contributed by atoms with E-state index < -0.39 is 0 Å². The molecule has 0 N–H and O–H groups in total. The Bertz CT molecular complexity index is 1200. The molecule has 0 saturated heterocycles. The van der Waals surface area contributed by atoms with E-state index in [1.54, 1.807) is 13.2 Å². The minimum Gasteiger partial charge on any atom is -0.497 e. The quantitative estimate of drug-likeness (QED) is 0.541. The number of carbonyl (C=O) groups excluding carboxylic acids is 1. The first-order valence-electron chi connectivity index (χ1n) is 9.58. The van der Waals surface area contributed by atoms with Gasteiger partial charge in [0.1, 0.15) is 11.4 Å². The summed E-state index contributed by atoms with van der Waals surface area (Å²) in [6.45, 7) is 1.19. The third kappa shape index (κ3) is 3.12. The summed E-state index contributed by atoms with van der Waals surface area (Å²) >= 11 is 0. The molecule has 5 rings (SSSR count). The Morgan fingerprint density at radius 2 is 1.93 bits per heavy atom. The maximum absolute atomic E-state index is 13.1. The molecule has 1 aliphatic heterocycles. The summed E-state index contributed by atoms with van der Waals surface area (Å²) in [5.41, 5.74) is 4.53. The van der Waals surface area contributed by atoms with Crippen LogP contribution in [-0.2, 0) is 13.0 Å². The van der Waals surface area contributed by atoms with Crippen molar-refractivity contribution in [1.29, 1.82) is 0 Å². The molecule has 1 amide bonds. The number of aromatic nitrogens is 3. The van der Waals surface area contributed by atoms with Gasteiger partial charge in [0.25, 0.3) is 5.91 Å². The normalized spacial score (nSPS) is 13.3. The van der Waals surface area contributed by atoms with Crippen LogP contribution in [0.1, 0.15) is 21.7 Å². The van der Waals surface area contributed by atoms with E-state index in [4.69, 9.17) is 4.74 Å². The predicted octanol–water partition coefficient (Wildman–Crippen LogP) is 3.63. The summed E-state index contributed by atoms with van der Waals surface area (Å²) in [5.74, 6) is 0.721. The number of nitrogens with zero attached hydrogens (tertiary/aromatic N) is 4. The highest BCUT2D eigenvalue weighted by Gasteiger charge is 2.26. The van der Waals surface area contributed by atoms with Gasteiger partial charge in [-0.1, -0.05) is 24.3 Å². The average Bonchev–Trinajstić information content (AvgIpc) is 3.21. The fraction of sp³-hybridized carbons (Fsp3) is 0.174. The molecule has 6 heteroatoms. The molecule has 0 fully saturated rings. The number of rotatable bonds is 3. The van der Waals surface area contributed by atoms with E-state index in [0.29, 0.717) is 18.8 Å². The summed E-state index contributed by atoms with van der Waals surface area (Å²) in [6.07, 6.45) is 2.63. The summed E-state index contributed by atoms with van der Waals surface area (Å²) in [5, 5.41) is 5.49. The molecule has 0 atom stereocenters. The van der Waals surface area contributed by atoms with E-state index in [-0.39, 0.29) is 5.91 Å². The van der Waals surface area contributed by atoms with Gasteiger partial charge in [-0.05, 0) is 36.4 Å². The van der Waals surface area contributed by atoms with Crippen molar-refractivity contribution in [3.63, 3.8) is 0 Å². The lowest BCUT2D eigenvalue weighted by Crippen LogP contribution is -2.36. The Kier molecular flexibility index (Phi) is 4.24. The lowest BCUT2D eigenvalue weighted by molar-refractivity contribution is 0.0728. The maximum atomic E-state index is 13.1. The van der Waals surface area contributed by atoms with Crippen LogP contribution < -0.4 is 4.74 Å². The summed E-state index contributed by atoms with van der Waals surface area (Å²) < 4.78 is 7.22. The third-order valence-corrected chi connectivity index (χ3v) is 5.34. The molecular weight excluding hydrogens is 364 g/mol. The molecule has 6 nitrogen and oxygen atoms in total. The Morgan fingerprint density at radius 3 is 2.76 bits per heavy atom. The topological polar surface area (TPSA) is 60.2 Å². The Hall–Kier alpha value is -3.67. The molecule has 29 heavy (non-hydrogen) atoms. The van der Waals surface area contributed by atoms with E-state index in [1.807, 2.05) is 70.4 Å². The van der Waals surface area contributed by atoms with Crippen LogP contribution >= 0.6 is 0 Å². The van der Waals surface area contributed by atoms with E-state index >= 15 is 0 Å². The van der Waals surface area contributed by atoms with Gasteiger partial charge in [-0.2, -0.15) is 5.10 Å². The zero-order chi connectivity index (χ0) is 19.8. The largest absolute Gasteiger partial charge is 0.497 e. The Balaban J connectivity index is 1.40. The summed E-state index contributed by atoms with van der Waals surface area (Å²) in [7, 11) is 1.64. The van der Waals surface area contributed by atoms with Crippen molar-refractivity contribution in [2.24, 2.45) is 0 Å². The van der Waals surface area contributed by atoms with Crippen molar-refractivity contribution in [3.8, 4) is 11.4 Å². The molecule has 2 aromatic heterocycles. The fourth-order valence-corrected chi connectivity index (χ4v) is 3.81. The predicted molar refractivity (Wildman–Crippen MR) is 110 cm³/mol. The van der Waals surface area contributed by atoms with Crippen molar-refractivity contribution < 1.29 is 9.53 Å². The number of ether oxygens (including phenoxy) is 1. The van der Waals surface area contributed by atoms with E-state index in [0.717, 1.165) is 34.3 Å². The van der Waals surface area contributed by atoms with Crippen molar-refractivity contribution in [2.75, 3.05) is 13.7 Å². The average molecular weight is 384 g/mol. The van der Waals surface area contributed by atoms with Gasteiger partial charge in [-0.25, -0.2) is 9.67 Å². The first-order valence-corrected chi connectivity index (χ1v) is 9.58. The number of hydrogen-bond donors (Lipinski definition) is 0.